The van der Waals surface area contributed by atoms with E-state index in [0.717, 1.165) is 23.7 Å². The van der Waals surface area contributed by atoms with Gasteiger partial charge in [-0.2, -0.15) is 5.10 Å². The SMILES string of the molecule is O=C(Nc1ccc2cn[nH]c2c1)N1CCCC(C(=O)N2CCOCC2)C1. The van der Waals surface area contributed by atoms with E-state index in [0.29, 0.717) is 45.1 Å². The summed E-state index contributed by atoms with van der Waals surface area (Å²) in [5, 5.41) is 10.8. The van der Waals surface area contributed by atoms with Gasteiger partial charge in [0.1, 0.15) is 0 Å². The van der Waals surface area contributed by atoms with Crippen molar-refractivity contribution in [2.24, 2.45) is 5.92 Å². The van der Waals surface area contributed by atoms with E-state index in [1.165, 1.54) is 0 Å². The van der Waals surface area contributed by atoms with Gasteiger partial charge in [-0.3, -0.25) is 9.89 Å². The van der Waals surface area contributed by atoms with Crippen molar-refractivity contribution >= 4 is 28.5 Å². The lowest BCUT2D eigenvalue weighted by Gasteiger charge is -2.36. The molecule has 0 saturated carbocycles. The number of aromatic amines is 1. The summed E-state index contributed by atoms with van der Waals surface area (Å²) in [5.41, 5.74) is 1.59. The minimum Gasteiger partial charge on any atom is -0.378 e. The zero-order valence-electron chi connectivity index (χ0n) is 14.6. The van der Waals surface area contributed by atoms with Gasteiger partial charge in [0.05, 0.1) is 30.8 Å². The first-order chi connectivity index (χ1) is 12.7. The van der Waals surface area contributed by atoms with Crippen LogP contribution in [-0.4, -0.2) is 71.3 Å². The van der Waals surface area contributed by atoms with Gasteiger partial charge in [-0.15, -0.1) is 0 Å². The predicted octanol–water partition coefficient (Wildman–Crippen LogP) is 1.67. The van der Waals surface area contributed by atoms with Crippen LogP contribution in [0.5, 0.6) is 0 Å². The van der Waals surface area contributed by atoms with E-state index in [9.17, 15) is 9.59 Å². The van der Waals surface area contributed by atoms with Crippen molar-refractivity contribution in [1.82, 2.24) is 20.0 Å². The molecule has 2 N–H and O–H groups in total. The largest absolute Gasteiger partial charge is 0.378 e. The Morgan fingerprint density at radius 1 is 1.19 bits per heavy atom. The minimum atomic E-state index is -0.164. The lowest BCUT2D eigenvalue weighted by atomic mass is 9.96. The molecule has 138 valence electrons. The van der Waals surface area contributed by atoms with Gasteiger partial charge in [-0.25, -0.2) is 4.79 Å². The number of urea groups is 1. The van der Waals surface area contributed by atoms with E-state index < -0.39 is 0 Å². The lowest BCUT2D eigenvalue weighted by Crippen LogP contribution is -2.50. The van der Waals surface area contributed by atoms with Gasteiger partial charge in [0, 0.05) is 37.3 Å². The highest BCUT2D eigenvalue weighted by atomic mass is 16.5. The third-order valence-corrected chi connectivity index (χ3v) is 5.07. The van der Waals surface area contributed by atoms with E-state index in [1.807, 2.05) is 23.1 Å². The molecule has 0 spiro atoms. The first kappa shape index (κ1) is 16.8. The maximum absolute atomic E-state index is 12.7. The number of rotatable bonds is 2. The predicted molar refractivity (Wildman–Crippen MR) is 96.8 cm³/mol. The number of piperidine rings is 1. The molecule has 1 unspecified atom stereocenters. The number of ether oxygens (including phenoxy) is 1. The Balaban J connectivity index is 1.38. The van der Waals surface area contributed by atoms with Crippen LogP contribution in [-0.2, 0) is 9.53 Å². The molecule has 4 rings (SSSR count). The Morgan fingerprint density at radius 3 is 2.88 bits per heavy atom. The molecule has 0 aliphatic carbocycles. The number of nitrogens with zero attached hydrogens (tertiary/aromatic N) is 3. The Kier molecular flexibility index (Phi) is 4.75. The standard InChI is InChI=1S/C18H23N5O3/c24-17(22-6-8-26-9-7-22)14-2-1-5-23(12-14)18(25)20-15-4-3-13-11-19-21-16(13)10-15/h3-4,10-11,14H,1-2,5-9,12H2,(H,19,21)(H,20,25). The van der Waals surface area contributed by atoms with E-state index in [-0.39, 0.29) is 17.9 Å². The number of likely N-dealkylation sites (tertiary alicyclic amines) is 1. The first-order valence-corrected chi connectivity index (χ1v) is 9.06. The topological polar surface area (TPSA) is 90.6 Å². The van der Waals surface area contributed by atoms with Crippen LogP contribution in [0.3, 0.4) is 0 Å². The van der Waals surface area contributed by atoms with Crippen molar-refractivity contribution in [2.45, 2.75) is 12.8 Å². The Morgan fingerprint density at radius 2 is 2.04 bits per heavy atom. The number of H-pyrrole nitrogens is 1. The van der Waals surface area contributed by atoms with Gasteiger partial charge in [0.15, 0.2) is 0 Å². The number of hydrogen-bond acceptors (Lipinski definition) is 4. The number of nitrogens with one attached hydrogen (secondary N) is 2. The summed E-state index contributed by atoms with van der Waals surface area (Å²) in [6, 6.07) is 5.47. The van der Waals surface area contributed by atoms with Crippen LogP contribution in [0.25, 0.3) is 10.9 Å². The quantitative estimate of drug-likeness (QED) is 0.855. The fraction of sp³-hybridized carbons (Fsp3) is 0.500. The monoisotopic (exact) mass is 357 g/mol. The van der Waals surface area contributed by atoms with Crippen LogP contribution in [0.1, 0.15) is 12.8 Å². The molecule has 3 heterocycles. The molecule has 1 aromatic carbocycles. The number of carbonyl (C=O) groups excluding carboxylic acids is 2. The highest BCUT2D eigenvalue weighted by Crippen LogP contribution is 2.21. The summed E-state index contributed by atoms with van der Waals surface area (Å²) in [6.07, 6.45) is 3.42. The highest BCUT2D eigenvalue weighted by Gasteiger charge is 2.31. The van der Waals surface area contributed by atoms with E-state index in [4.69, 9.17) is 4.74 Å². The fourth-order valence-electron chi connectivity index (χ4n) is 3.62. The Hall–Kier alpha value is -2.61. The number of anilines is 1. The van der Waals surface area contributed by atoms with Gasteiger partial charge in [-0.1, -0.05) is 0 Å². The van der Waals surface area contributed by atoms with Crippen LogP contribution >= 0.6 is 0 Å². The summed E-state index contributed by atoms with van der Waals surface area (Å²) < 4.78 is 5.31. The summed E-state index contributed by atoms with van der Waals surface area (Å²) in [7, 11) is 0. The summed E-state index contributed by atoms with van der Waals surface area (Å²) >= 11 is 0. The number of fused-ring (bicyclic) bond motifs is 1. The molecule has 8 nitrogen and oxygen atoms in total. The molecule has 2 aliphatic rings. The van der Waals surface area contributed by atoms with Gasteiger partial charge in [0.25, 0.3) is 0 Å². The van der Waals surface area contributed by atoms with Crippen molar-refractivity contribution in [3.63, 3.8) is 0 Å². The maximum atomic E-state index is 12.7. The highest BCUT2D eigenvalue weighted by molar-refractivity contribution is 5.92. The number of amides is 3. The molecule has 2 saturated heterocycles. The fourth-order valence-corrected chi connectivity index (χ4v) is 3.62. The number of carbonyl (C=O) groups is 2. The molecule has 3 amide bonds. The first-order valence-electron chi connectivity index (χ1n) is 9.06. The molecule has 2 aromatic rings. The van der Waals surface area contributed by atoms with Crippen LogP contribution in [0, 0.1) is 5.92 Å². The molecule has 26 heavy (non-hydrogen) atoms. The lowest BCUT2D eigenvalue weighted by molar-refractivity contribution is -0.141. The van der Waals surface area contributed by atoms with Crippen molar-refractivity contribution in [1.29, 1.82) is 0 Å². The average Bonchev–Trinajstić information content (AvgIpc) is 3.16. The van der Waals surface area contributed by atoms with Gasteiger partial charge in [0.2, 0.25) is 5.91 Å². The summed E-state index contributed by atoms with van der Waals surface area (Å²) in [6.45, 7) is 3.62. The molecule has 2 fully saturated rings. The number of morpholine rings is 1. The average molecular weight is 357 g/mol. The van der Waals surface area contributed by atoms with E-state index in [2.05, 4.69) is 15.5 Å². The van der Waals surface area contributed by atoms with Gasteiger partial charge < -0.3 is 19.9 Å². The van der Waals surface area contributed by atoms with Crippen molar-refractivity contribution < 1.29 is 14.3 Å². The van der Waals surface area contributed by atoms with E-state index in [1.54, 1.807) is 11.1 Å². The smallest absolute Gasteiger partial charge is 0.321 e. The normalized spacial score (nSPS) is 21.0. The number of benzene rings is 1. The van der Waals surface area contributed by atoms with Gasteiger partial charge >= 0.3 is 6.03 Å². The Bertz CT molecular complexity index is 799. The zero-order chi connectivity index (χ0) is 17.9. The molecular weight excluding hydrogens is 334 g/mol. The maximum Gasteiger partial charge on any atom is 0.321 e. The molecule has 1 atom stereocenters. The van der Waals surface area contributed by atoms with E-state index >= 15 is 0 Å². The molecular formula is C18H23N5O3. The zero-order valence-corrected chi connectivity index (χ0v) is 14.6. The third-order valence-electron chi connectivity index (χ3n) is 5.07. The van der Waals surface area contributed by atoms with Gasteiger partial charge in [-0.05, 0) is 31.0 Å². The second kappa shape index (κ2) is 7.33. The second-order valence-electron chi connectivity index (χ2n) is 6.83. The minimum absolute atomic E-state index is 0.123. The van der Waals surface area contributed by atoms with Crippen molar-refractivity contribution in [2.75, 3.05) is 44.7 Å². The van der Waals surface area contributed by atoms with Crippen LogP contribution in [0.15, 0.2) is 24.4 Å². The molecule has 8 heteroatoms. The second-order valence-corrected chi connectivity index (χ2v) is 6.83. The van der Waals surface area contributed by atoms with Crippen LogP contribution in [0.4, 0.5) is 10.5 Å². The third kappa shape index (κ3) is 3.50. The van der Waals surface area contributed by atoms with Crippen LogP contribution < -0.4 is 5.32 Å². The van der Waals surface area contributed by atoms with Crippen LogP contribution in [0.2, 0.25) is 0 Å². The molecule has 2 aliphatic heterocycles. The molecule has 1 aromatic heterocycles. The summed E-state index contributed by atoms with van der Waals surface area (Å²) in [4.78, 5) is 28.9. The van der Waals surface area contributed by atoms with Crippen molar-refractivity contribution in [3.8, 4) is 0 Å². The molecule has 0 bridgehead atoms. The van der Waals surface area contributed by atoms with Crippen molar-refractivity contribution in [3.05, 3.63) is 24.4 Å². The summed E-state index contributed by atoms with van der Waals surface area (Å²) in [5.74, 6) is 0.0207. The molecule has 0 radical (unpaired) electrons. The number of hydrogen-bond donors (Lipinski definition) is 2. The Labute approximate surface area is 151 Å². The number of aromatic nitrogens is 2.